The molecule has 0 saturated heterocycles. The predicted octanol–water partition coefficient (Wildman–Crippen LogP) is 3.51. The van der Waals surface area contributed by atoms with Gasteiger partial charge in [-0.25, -0.2) is 0 Å². The minimum Gasteiger partial charge on any atom is -0.497 e. The predicted molar refractivity (Wildman–Crippen MR) is 102 cm³/mol. The summed E-state index contributed by atoms with van der Waals surface area (Å²) in [6, 6.07) is 13.3. The number of hydrogen-bond donors (Lipinski definition) is 2. The highest BCUT2D eigenvalue weighted by atomic mass is 16.5. The topological polar surface area (TPSA) is 76.2 Å². The quantitative estimate of drug-likeness (QED) is 0.703. The lowest BCUT2D eigenvalue weighted by atomic mass is 10.0. The second-order valence-electron chi connectivity index (χ2n) is 6.67. The highest BCUT2D eigenvalue weighted by Gasteiger charge is 2.46. The van der Waals surface area contributed by atoms with Crippen LogP contribution in [0.4, 0.5) is 0 Å². The van der Waals surface area contributed by atoms with Crippen LogP contribution in [0.3, 0.4) is 0 Å². The van der Waals surface area contributed by atoms with E-state index in [0.29, 0.717) is 11.3 Å². The van der Waals surface area contributed by atoms with E-state index in [1.165, 1.54) is 0 Å². The van der Waals surface area contributed by atoms with Crippen LogP contribution >= 0.6 is 0 Å². The van der Waals surface area contributed by atoms with Crippen LogP contribution in [-0.4, -0.2) is 30.3 Å². The molecule has 0 atom stereocenters. The lowest BCUT2D eigenvalue weighted by Crippen LogP contribution is -2.34. The number of methoxy groups -OCH3 is 2. The zero-order valence-corrected chi connectivity index (χ0v) is 15.3. The Kier molecular flexibility index (Phi) is 4.32. The van der Waals surface area contributed by atoms with E-state index >= 15 is 0 Å². The van der Waals surface area contributed by atoms with Crippen molar-refractivity contribution in [3.63, 3.8) is 0 Å². The number of nitrogens with one attached hydrogen (secondary N) is 2. The molecular formula is C21H21N3O3. The summed E-state index contributed by atoms with van der Waals surface area (Å²) in [5.74, 6) is 1.31. The zero-order chi connectivity index (χ0) is 18.9. The number of carbonyl (C=O) groups excluding carboxylic acids is 1. The third kappa shape index (κ3) is 3.26. The van der Waals surface area contributed by atoms with Crippen molar-refractivity contribution in [2.24, 2.45) is 0 Å². The molecular weight excluding hydrogens is 342 g/mol. The Labute approximate surface area is 157 Å². The number of ether oxygens (including phenoxy) is 2. The van der Waals surface area contributed by atoms with Gasteiger partial charge in [0.15, 0.2) is 0 Å². The molecule has 3 aromatic rings. The molecule has 0 radical (unpaired) electrons. The van der Waals surface area contributed by atoms with Gasteiger partial charge in [-0.1, -0.05) is 12.1 Å². The summed E-state index contributed by atoms with van der Waals surface area (Å²) < 4.78 is 10.8. The fraction of sp³-hybridized carbons (Fsp3) is 0.238. The van der Waals surface area contributed by atoms with Crippen LogP contribution in [0.15, 0.2) is 54.9 Å². The Hall–Kier alpha value is -3.28. The number of hydrogen-bond acceptors (Lipinski definition) is 4. The average molecular weight is 363 g/mol. The first kappa shape index (κ1) is 17.1. The number of carbonyl (C=O) groups is 1. The molecule has 27 heavy (non-hydrogen) atoms. The third-order valence-electron chi connectivity index (χ3n) is 5.00. The van der Waals surface area contributed by atoms with Gasteiger partial charge in [-0.15, -0.1) is 0 Å². The van der Waals surface area contributed by atoms with E-state index in [1.54, 1.807) is 32.7 Å². The highest BCUT2D eigenvalue weighted by Crippen LogP contribution is 2.46. The number of H-pyrrole nitrogens is 1. The van der Waals surface area contributed by atoms with Gasteiger partial charge in [0, 0.05) is 22.9 Å². The molecule has 6 nitrogen and oxygen atoms in total. The molecule has 0 bridgehead atoms. The van der Waals surface area contributed by atoms with Crippen LogP contribution in [0.2, 0.25) is 0 Å². The van der Waals surface area contributed by atoms with E-state index < -0.39 is 0 Å². The van der Waals surface area contributed by atoms with Gasteiger partial charge in [0.25, 0.3) is 5.91 Å². The van der Waals surface area contributed by atoms with E-state index in [4.69, 9.17) is 9.47 Å². The normalized spacial score (nSPS) is 14.4. The molecule has 1 saturated carbocycles. The van der Waals surface area contributed by atoms with Crippen LogP contribution in [0, 0.1) is 0 Å². The largest absolute Gasteiger partial charge is 0.497 e. The summed E-state index contributed by atoms with van der Waals surface area (Å²) in [7, 11) is 3.24. The maximum atomic E-state index is 12.9. The zero-order valence-electron chi connectivity index (χ0n) is 15.3. The third-order valence-corrected chi connectivity index (χ3v) is 5.00. The van der Waals surface area contributed by atoms with E-state index in [2.05, 4.69) is 15.5 Å². The van der Waals surface area contributed by atoms with Gasteiger partial charge >= 0.3 is 0 Å². The van der Waals surface area contributed by atoms with Crippen molar-refractivity contribution in [3.8, 4) is 22.6 Å². The molecule has 0 aliphatic heterocycles. The molecule has 1 heterocycles. The van der Waals surface area contributed by atoms with Gasteiger partial charge in [-0.05, 0) is 48.7 Å². The van der Waals surface area contributed by atoms with Crippen molar-refractivity contribution >= 4 is 5.91 Å². The smallest absolute Gasteiger partial charge is 0.252 e. The van der Waals surface area contributed by atoms with E-state index in [1.807, 2.05) is 36.4 Å². The highest BCUT2D eigenvalue weighted by molar-refractivity contribution is 5.96. The van der Waals surface area contributed by atoms with Crippen LogP contribution < -0.4 is 14.8 Å². The van der Waals surface area contributed by atoms with Gasteiger partial charge in [0.2, 0.25) is 0 Å². The Morgan fingerprint density at radius 1 is 1.15 bits per heavy atom. The van der Waals surface area contributed by atoms with Crippen molar-refractivity contribution < 1.29 is 14.3 Å². The summed E-state index contributed by atoms with van der Waals surface area (Å²) in [6.07, 6.45) is 5.34. The monoisotopic (exact) mass is 363 g/mol. The maximum Gasteiger partial charge on any atom is 0.252 e. The van der Waals surface area contributed by atoms with Crippen LogP contribution in [-0.2, 0) is 5.54 Å². The number of aromatic amines is 1. The Balaban J connectivity index is 1.58. The van der Waals surface area contributed by atoms with E-state index in [9.17, 15) is 4.79 Å². The SMILES string of the molecule is COc1cccc(C2(NC(=O)c3ccc(-c4cn[nH]c4)c(OC)c3)CC2)c1. The lowest BCUT2D eigenvalue weighted by Gasteiger charge is -2.19. The molecule has 1 amide bonds. The molecule has 1 aliphatic carbocycles. The first-order valence-electron chi connectivity index (χ1n) is 8.79. The molecule has 6 heteroatoms. The Morgan fingerprint density at radius 2 is 2.00 bits per heavy atom. The van der Waals surface area contributed by atoms with Gasteiger partial charge < -0.3 is 14.8 Å². The summed E-state index contributed by atoms with van der Waals surface area (Å²) in [4.78, 5) is 12.9. The fourth-order valence-corrected chi connectivity index (χ4v) is 3.29. The Bertz CT molecular complexity index is 963. The molecule has 138 valence electrons. The minimum atomic E-state index is -0.317. The summed E-state index contributed by atoms with van der Waals surface area (Å²) >= 11 is 0. The second kappa shape index (κ2) is 6.79. The van der Waals surface area contributed by atoms with Crippen molar-refractivity contribution in [1.29, 1.82) is 0 Å². The standard InChI is InChI=1S/C21H21N3O3/c1-26-17-5-3-4-16(11-17)21(8-9-21)24-20(25)14-6-7-18(19(10-14)27-2)15-12-22-23-13-15/h3-7,10-13H,8-9H2,1-2H3,(H,22,23)(H,24,25). The summed E-state index contributed by atoms with van der Waals surface area (Å²) in [5, 5.41) is 9.94. The lowest BCUT2D eigenvalue weighted by molar-refractivity contribution is 0.0930. The number of nitrogens with zero attached hydrogens (tertiary/aromatic N) is 1. The van der Waals surface area contributed by atoms with Crippen LogP contribution in [0.25, 0.3) is 11.1 Å². The van der Waals surface area contributed by atoms with Gasteiger partial charge in [0.05, 0.1) is 26.0 Å². The van der Waals surface area contributed by atoms with Crippen molar-refractivity contribution in [2.45, 2.75) is 18.4 Å². The van der Waals surface area contributed by atoms with Crippen LogP contribution in [0.1, 0.15) is 28.8 Å². The van der Waals surface area contributed by atoms with Crippen LogP contribution in [0.5, 0.6) is 11.5 Å². The fourth-order valence-electron chi connectivity index (χ4n) is 3.29. The van der Waals surface area contributed by atoms with Gasteiger partial charge in [-0.2, -0.15) is 5.10 Å². The van der Waals surface area contributed by atoms with E-state index in [-0.39, 0.29) is 11.4 Å². The first-order chi connectivity index (χ1) is 13.1. The molecule has 0 unspecified atom stereocenters. The molecule has 2 N–H and O–H groups in total. The first-order valence-corrected chi connectivity index (χ1v) is 8.79. The summed E-state index contributed by atoms with van der Waals surface area (Å²) in [6.45, 7) is 0. The number of amides is 1. The molecule has 2 aromatic carbocycles. The van der Waals surface area contributed by atoms with Gasteiger partial charge in [0.1, 0.15) is 11.5 Å². The van der Waals surface area contributed by atoms with Gasteiger partial charge in [-0.3, -0.25) is 9.89 Å². The molecule has 1 aliphatic rings. The molecule has 0 spiro atoms. The van der Waals surface area contributed by atoms with Crippen molar-refractivity contribution in [3.05, 3.63) is 66.0 Å². The molecule has 1 fully saturated rings. The molecule has 4 rings (SSSR count). The average Bonchev–Trinajstić information content (AvgIpc) is 3.29. The minimum absolute atomic E-state index is 0.118. The van der Waals surface area contributed by atoms with Crippen molar-refractivity contribution in [1.82, 2.24) is 15.5 Å². The second-order valence-corrected chi connectivity index (χ2v) is 6.67. The number of aromatic nitrogens is 2. The van der Waals surface area contributed by atoms with Crippen molar-refractivity contribution in [2.75, 3.05) is 14.2 Å². The molecule has 1 aromatic heterocycles. The number of rotatable bonds is 6. The maximum absolute atomic E-state index is 12.9. The summed E-state index contributed by atoms with van der Waals surface area (Å²) in [5.41, 5.74) is 3.11. The Morgan fingerprint density at radius 3 is 2.67 bits per heavy atom. The van der Waals surface area contributed by atoms with E-state index in [0.717, 1.165) is 35.3 Å². The number of benzene rings is 2.